The first-order chi connectivity index (χ1) is 10.1. The minimum absolute atomic E-state index is 0.0748. The number of aliphatic hydroxyl groups excluding tert-OH is 1. The van der Waals surface area contributed by atoms with Crippen LogP contribution in [0.4, 0.5) is 4.79 Å². The van der Waals surface area contributed by atoms with E-state index in [0.717, 1.165) is 5.56 Å². The summed E-state index contributed by atoms with van der Waals surface area (Å²) in [7, 11) is 0. The maximum atomic E-state index is 11.4. The highest BCUT2D eigenvalue weighted by atomic mass is 16.5. The van der Waals surface area contributed by atoms with Gasteiger partial charge in [0.05, 0.1) is 19.1 Å². The Kier molecular flexibility index (Phi) is 7.89. The summed E-state index contributed by atoms with van der Waals surface area (Å²) in [6.07, 6.45) is -1.20. The molecule has 0 radical (unpaired) electrons. The monoisotopic (exact) mass is 295 g/mol. The number of benzene rings is 1. The van der Waals surface area contributed by atoms with Gasteiger partial charge in [0.25, 0.3) is 0 Å². The molecule has 0 spiro atoms. The molecule has 0 aromatic heterocycles. The van der Waals surface area contributed by atoms with E-state index in [0.29, 0.717) is 0 Å². The van der Waals surface area contributed by atoms with Crippen molar-refractivity contribution in [2.24, 2.45) is 0 Å². The van der Waals surface area contributed by atoms with E-state index in [1.807, 2.05) is 30.3 Å². The summed E-state index contributed by atoms with van der Waals surface area (Å²) < 4.78 is 9.72. The van der Waals surface area contributed by atoms with Gasteiger partial charge in [0, 0.05) is 6.54 Å². The van der Waals surface area contributed by atoms with Crippen LogP contribution in [0.2, 0.25) is 0 Å². The van der Waals surface area contributed by atoms with Crippen molar-refractivity contribution in [3.05, 3.63) is 35.9 Å². The number of amides is 1. The standard InChI is InChI=1S/C15H21NO5/c1-2-20-14(18)10-13(17)8-9-16-15(19)21-11-12-6-4-3-5-7-12/h3-7,13,17H,2,8-11H2,1H3,(H,16,19)/t13-/m1/s1. The molecule has 0 aliphatic rings. The Balaban J connectivity index is 2.11. The summed E-state index contributed by atoms with van der Waals surface area (Å²) in [5.41, 5.74) is 0.898. The molecule has 0 unspecified atom stereocenters. The number of aliphatic hydroxyl groups is 1. The number of ether oxygens (including phenoxy) is 2. The quantitative estimate of drug-likeness (QED) is 0.712. The van der Waals surface area contributed by atoms with Crippen molar-refractivity contribution < 1.29 is 24.2 Å². The van der Waals surface area contributed by atoms with Crippen molar-refractivity contribution in [1.82, 2.24) is 5.32 Å². The van der Waals surface area contributed by atoms with E-state index in [1.54, 1.807) is 6.92 Å². The number of hydrogen-bond acceptors (Lipinski definition) is 5. The molecule has 0 heterocycles. The lowest BCUT2D eigenvalue weighted by atomic mass is 10.2. The number of carbonyl (C=O) groups excluding carboxylic acids is 2. The van der Waals surface area contributed by atoms with Gasteiger partial charge in [0.2, 0.25) is 0 Å². The Morgan fingerprint density at radius 1 is 1.24 bits per heavy atom. The highest BCUT2D eigenvalue weighted by Crippen LogP contribution is 2.01. The van der Waals surface area contributed by atoms with Gasteiger partial charge in [-0.1, -0.05) is 30.3 Å². The number of hydrogen-bond donors (Lipinski definition) is 2. The largest absolute Gasteiger partial charge is 0.466 e. The predicted octanol–water partition coefficient (Wildman–Crippen LogP) is 1.62. The third kappa shape index (κ3) is 7.94. The second kappa shape index (κ2) is 9.77. The van der Waals surface area contributed by atoms with Gasteiger partial charge >= 0.3 is 12.1 Å². The number of nitrogens with one attached hydrogen (secondary N) is 1. The molecule has 0 bridgehead atoms. The fourth-order valence-electron chi connectivity index (χ4n) is 1.63. The van der Waals surface area contributed by atoms with Crippen LogP contribution in [-0.4, -0.2) is 36.4 Å². The van der Waals surface area contributed by atoms with Gasteiger partial charge in [-0.05, 0) is 18.9 Å². The van der Waals surface area contributed by atoms with Crippen LogP contribution in [0, 0.1) is 0 Å². The summed E-state index contributed by atoms with van der Waals surface area (Å²) in [5.74, 6) is -0.448. The van der Waals surface area contributed by atoms with Crippen molar-refractivity contribution in [2.75, 3.05) is 13.2 Å². The molecule has 1 atom stereocenters. The molecule has 0 aliphatic heterocycles. The topological polar surface area (TPSA) is 84.9 Å². The van der Waals surface area contributed by atoms with Crippen LogP contribution in [0.3, 0.4) is 0 Å². The van der Waals surface area contributed by atoms with Crippen molar-refractivity contribution in [3.8, 4) is 0 Å². The highest BCUT2D eigenvalue weighted by Gasteiger charge is 2.12. The Morgan fingerprint density at radius 2 is 1.95 bits per heavy atom. The molecule has 1 amide bonds. The lowest BCUT2D eigenvalue weighted by Gasteiger charge is -2.11. The van der Waals surface area contributed by atoms with Crippen molar-refractivity contribution in [1.29, 1.82) is 0 Å². The van der Waals surface area contributed by atoms with E-state index in [-0.39, 0.29) is 32.6 Å². The minimum atomic E-state index is -0.835. The molecular weight excluding hydrogens is 274 g/mol. The van der Waals surface area contributed by atoms with Gasteiger partial charge in [-0.25, -0.2) is 4.79 Å². The second-order valence-corrected chi connectivity index (χ2v) is 4.44. The SMILES string of the molecule is CCOC(=O)C[C@H](O)CCNC(=O)OCc1ccccc1. The van der Waals surface area contributed by atoms with Gasteiger partial charge in [-0.2, -0.15) is 0 Å². The van der Waals surface area contributed by atoms with Gasteiger partial charge < -0.3 is 19.9 Å². The van der Waals surface area contributed by atoms with Crippen molar-refractivity contribution in [3.63, 3.8) is 0 Å². The van der Waals surface area contributed by atoms with Crippen LogP contribution in [0.15, 0.2) is 30.3 Å². The summed E-state index contributed by atoms with van der Waals surface area (Å²) in [5, 5.41) is 12.1. The third-order valence-corrected chi connectivity index (χ3v) is 2.67. The minimum Gasteiger partial charge on any atom is -0.466 e. The summed E-state index contributed by atoms with van der Waals surface area (Å²) in [4.78, 5) is 22.5. The van der Waals surface area contributed by atoms with Crippen LogP contribution in [0.1, 0.15) is 25.3 Å². The zero-order valence-corrected chi connectivity index (χ0v) is 12.1. The third-order valence-electron chi connectivity index (χ3n) is 2.67. The smallest absolute Gasteiger partial charge is 0.407 e. The van der Waals surface area contributed by atoms with E-state index < -0.39 is 18.2 Å². The molecule has 2 N–H and O–H groups in total. The van der Waals surface area contributed by atoms with Gasteiger partial charge in [-0.15, -0.1) is 0 Å². The molecule has 0 fully saturated rings. The van der Waals surface area contributed by atoms with E-state index in [2.05, 4.69) is 5.32 Å². The predicted molar refractivity (Wildman–Crippen MR) is 76.5 cm³/mol. The van der Waals surface area contributed by atoms with Crippen LogP contribution in [0.25, 0.3) is 0 Å². The number of esters is 1. The molecule has 1 aromatic rings. The first-order valence-corrected chi connectivity index (χ1v) is 6.90. The Morgan fingerprint density at radius 3 is 2.62 bits per heavy atom. The molecule has 21 heavy (non-hydrogen) atoms. The van der Waals surface area contributed by atoms with Crippen molar-refractivity contribution in [2.45, 2.75) is 32.5 Å². The molecular formula is C15H21NO5. The molecule has 1 rings (SSSR count). The molecule has 6 nitrogen and oxygen atoms in total. The average molecular weight is 295 g/mol. The number of alkyl carbamates (subject to hydrolysis) is 1. The fraction of sp³-hybridized carbons (Fsp3) is 0.467. The van der Waals surface area contributed by atoms with Crippen LogP contribution >= 0.6 is 0 Å². The molecule has 116 valence electrons. The molecule has 6 heteroatoms. The van der Waals surface area contributed by atoms with E-state index in [4.69, 9.17) is 9.47 Å². The first kappa shape index (κ1) is 17.0. The number of carbonyl (C=O) groups is 2. The lowest BCUT2D eigenvalue weighted by Crippen LogP contribution is -2.28. The highest BCUT2D eigenvalue weighted by molar-refractivity contribution is 5.70. The number of rotatable bonds is 8. The zero-order valence-electron chi connectivity index (χ0n) is 12.1. The van der Waals surface area contributed by atoms with Crippen LogP contribution < -0.4 is 5.32 Å². The molecule has 0 aliphatic carbocycles. The Labute approximate surface area is 124 Å². The normalized spacial score (nSPS) is 11.5. The summed E-state index contributed by atoms with van der Waals surface area (Å²) in [6, 6.07) is 9.33. The lowest BCUT2D eigenvalue weighted by molar-refractivity contribution is -0.145. The van der Waals surface area contributed by atoms with Gasteiger partial charge in [-0.3, -0.25) is 4.79 Å². The Hall–Kier alpha value is -2.08. The average Bonchev–Trinajstić information content (AvgIpc) is 2.46. The summed E-state index contributed by atoms with van der Waals surface area (Å²) in [6.45, 7) is 2.41. The summed E-state index contributed by atoms with van der Waals surface area (Å²) >= 11 is 0. The van der Waals surface area contributed by atoms with E-state index in [9.17, 15) is 14.7 Å². The van der Waals surface area contributed by atoms with Crippen LogP contribution in [0.5, 0.6) is 0 Å². The van der Waals surface area contributed by atoms with Gasteiger partial charge in [0.1, 0.15) is 6.61 Å². The molecule has 0 saturated carbocycles. The van der Waals surface area contributed by atoms with Crippen LogP contribution in [-0.2, 0) is 20.9 Å². The maximum absolute atomic E-state index is 11.4. The zero-order chi connectivity index (χ0) is 15.5. The van der Waals surface area contributed by atoms with E-state index in [1.165, 1.54) is 0 Å². The molecule has 0 saturated heterocycles. The maximum Gasteiger partial charge on any atom is 0.407 e. The Bertz CT molecular complexity index is 435. The fourth-order valence-corrected chi connectivity index (χ4v) is 1.63. The molecule has 1 aromatic carbocycles. The van der Waals surface area contributed by atoms with Crippen molar-refractivity contribution >= 4 is 12.1 Å². The first-order valence-electron chi connectivity index (χ1n) is 6.90. The van der Waals surface area contributed by atoms with Gasteiger partial charge in [0.15, 0.2) is 0 Å². The second-order valence-electron chi connectivity index (χ2n) is 4.44. The van der Waals surface area contributed by atoms with E-state index >= 15 is 0 Å².